The zero-order valence-electron chi connectivity index (χ0n) is 8.35. The van der Waals surface area contributed by atoms with E-state index in [0.717, 1.165) is 5.57 Å². The summed E-state index contributed by atoms with van der Waals surface area (Å²) in [6.07, 6.45) is 0. The zero-order valence-corrected chi connectivity index (χ0v) is 9.35. The second-order valence-electron chi connectivity index (χ2n) is 3.72. The molecule has 0 aliphatic carbocycles. The van der Waals surface area contributed by atoms with E-state index in [-0.39, 0.29) is 5.97 Å². The van der Waals surface area contributed by atoms with Gasteiger partial charge in [0.05, 0.1) is 18.6 Å². The van der Waals surface area contributed by atoms with E-state index in [9.17, 15) is 4.79 Å². The van der Waals surface area contributed by atoms with Crippen LogP contribution in [-0.4, -0.2) is 29.7 Å². The van der Waals surface area contributed by atoms with Gasteiger partial charge in [0.2, 0.25) is 0 Å². The summed E-state index contributed by atoms with van der Waals surface area (Å²) in [5, 5.41) is 0. The summed E-state index contributed by atoms with van der Waals surface area (Å²) in [4.78, 5) is 11.1. The summed E-state index contributed by atoms with van der Waals surface area (Å²) in [5.41, 5.74) is 0.305. The van der Waals surface area contributed by atoms with Gasteiger partial charge in [0, 0.05) is 0 Å². The highest BCUT2D eigenvalue weighted by atomic mass is 28.2. The Morgan fingerprint density at radius 2 is 2.08 bits per heavy atom. The lowest BCUT2D eigenvalue weighted by atomic mass is 9.95. The maximum absolute atomic E-state index is 11.1. The van der Waals surface area contributed by atoms with Crippen LogP contribution in [0.3, 0.4) is 0 Å². The highest BCUT2D eigenvalue weighted by molar-refractivity contribution is 6.06. The second kappa shape index (κ2) is 5.19. The van der Waals surface area contributed by atoms with Crippen molar-refractivity contribution in [3.05, 3.63) is 12.2 Å². The summed E-state index contributed by atoms with van der Waals surface area (Å²) in [6.45, 7) is 9.87. The first-order chi connectivity index (χ1) is 5.90. The van der Waals surface area contributed by atoms with E-state index >= 15 is 0 Å². The van der Waals surface area contributed by atoms with Crippen molar-refractivity contribution in [3.63, 3.8) is 0 Å². The molecule has 0 aromatic heterocycles. The first-order valence-electron chi connectivity index (χ1n) is 4.00. The van der Waals surface area contributed by atoms with Crippen LogP contribution in [0.2, 0.25) is 0 Å². The first kappa shape index (κ1) is 12.4. The molecule has 0 heterocycles. The number of hydrogen-bond donors (Lipinski definition) is 0. The molecular formula is C9H15O3Si. The third-order valence-electron chi connectivity index (χ3n) is 1.46. The Morgan fingerprint density at radius 3 is 2.46 bits per heavy atom. The molecular weight excluding hydrogens is 184 g/mol. The smallest absolute Gasteiger partial charge is 0.345 e. The van der Waals surface area contributed by atoms with Crippen LogP contribution in [0.15, 0.2) is 12.2 Å². The molecule has 4 heteroatoms. The van der Waals surface area contributed by atoms with E-state index in [1.54, 1.807) is 13.8 Å². The van der Waals surface area contributed by atoms with Crippen molar-refractivity contribution in [1.82, 2.24) is 0 Å². The molecule has 0 aromatic rings. The van der Waals surface area contributed by atoms with E-state index in [4.69, 9.17) is 4.74 Å². The Bertz CT molecular complexity index is 199. The minimum atomic E-state index is -0.628. The van der Waals surface area contributed by atoms with E-state index in [0.29, 0.717) is 13.2 Å². The van der Waals surface area contributed by atoms with E-state index in [1.807, 2.05) is 6.92 Å². The van der Waals surface area contributed by atoms with E-state index in [2.05, 4.69) is 21.5 Å². The van der Waals surface area contributed by atoms with Gasteiger partial charge in [-0.3, -0.25) is 4.79 Å². The van der Waals surface area contributed by atoms with Crippen molar-refractivity contribution in [3.8, 4) is 0 Å². The van der Waals surface area contributed by atoms with Gasteiger partial charge < -0.3 is 9.16 Å². The van der Waals surface area contributed by atoms with Gasteiger partial charge in [-0.15, -0.1) is 0 Å². The fraction of sp³-hybridized carbons (Fsp3) is 0.667. The highest BCUT2D eigenvalue weighted by Crippen LogP contribution is 2.17. The van der Waals surface area contributed by atoms with E-state index in [1.165, 1.54) is 0 Å². The van der Waals surface area contributed by atoms with Gasteiger partial charge in [-0.2, -0.15) is 0 Å². The molecule has 0 saturated carbocycles. The molecule has 0 saturated heterocycles. The highest BCUT2D eigenvalue weighted by Gasteiger charge is 2.28. The Labute approximate surface area is 82.7 Å². The average molecular weight is 199 g/mol. The lowest BCUT2D eigenvalue weighted by Gasteiger charge is -2.21. The topological polar surface area (TPSA) is 35.5 Å². The number of rotatable bonds is 5. The van der Waals surface area contributed by atoms with Crippen LogP contribution in [0.1, 0.15) is 20.8 Å². The Morgan fingerprint density at radius 1 is 1.54 bits per heavy atom. The van der Waals surface area contributed by atoms with Crippen molar-refractivity contribution in [1.29, 1.82) is 0 Å². The lowest BCUT2D eigenvalue weighted by Crippen LogP contribution is -2.31. The maximum atomic E-state index is 11.1. The molecule has 0 rings (SSSR count). The Kier molecular flexibility index (Phi) is 4.94. The number of carbonyl (C=O) groups excluding carboxylic acids is 1. The minimum Gasteiger partial charge on any atom is -0.516 e. The molecule has 0 atom stereocenters. The molecule has 0 aromatic carbocycles. The van der Waals surface area contributed by atoms with Crippen molar-refractivity contribution in [2.45, 2.75) is 20.8 Å². The molecule has 0 N–H and O–H groups in total. The van der Waals surface area contributed by atoms with Crippen LogP contribution in [-0.2, 0) is 14.0 Å². The summed E-state index contributed by atoms with van der Waals surface area (Å²) in [5.74, 6) is -0.342. The fourth-order valence-corrected chi connectivity index (χ4v) is 0.954. The minimum absolute atomic E-state index is 0.323. The van der Waals surface area contributed by atoms with Crippen LogP contribution in [0, 0.1) is 5.41 Å². The van der Waals surface area contributed by atoms with Gasteiger partial charge in [-0.25, -0.2) is 0 Å². The van der Waals surface area contributed by atoms with Crippen molar-refractivity contribution >= 4 is 16.5 Å². The number of hydrogen-bond acceptors (Lipinski definition) is 3. The van der Waals surface area contributed by atoms with E-state index < -0.39 is 5.41 Å². The predicted molar refractivity (Wildman–Crippen MR) is 51.3 cm³/mol. The van der Waals surface area contributed by atoms with Crippen molar-refractivity contribution in [2.24, 2.45) is 5.41 Å². The molecule has 0 bridgehead atoms. The second-order valence-corrected chi connectivity index (χ2v) is 3.93. The van der Waals surface area contributed by atoms with Crippen LogP contribution in [0.5, 0.6) is 0 Å². The van der Waals surface area contributed by atoms with Gasteiger partial charge in [-0.05, 0) is 20.8 Å². The molecule has 0 amide bonds. The molecule has 13 heavy (non-hydrogen) atoms. The van der Waals surface area contributed by atoms with Crippen molar-refractivity contribution < 1.29 is 14.0 Å². The summed E-state index contributed by atoms with van der Waals surface area (Å²) < 4.78 is 9.70. The van der Waals surface area contributed by atoms with Gasteiger partial charge in [0.15, 0.2) is 0 Å². The molecule has 0 spiro atoms. The lowest BCUT2D eigenvalue weighted by molar-refractivity contribution is -0.146. The normalized spacial score (nSPS) is 11.1. The van der Waals surface area contributed by atoms with Gasteiger partial charge in [0.25, 0.3) is 5.97 Å². The molecule has 3 radical (unpaired) electrons. The first-order valence-corrected chi connectivity index (χ1v) is 4.41. The maximum Gasteiger partial charge on any atom is 0.345 e. The number of carbonyl (C=O) groups is 1. The fourth-order valence-electron chi connectivity index (χ4n) is 0.677. The molecule has 0 aliphatic heterocycles. The molecule has 0 unspecified atom stereocenters. The SMILES string of the molecule is C=C(C)COCC(C)(C)C(=O)O[Si]. The van der Waals surface area contributed by atoms with Crippen LogP contribution in [0.4, 0.5) is 0 Å². The third-order valence-corrected chi connectivity index (χ3v) is 1.64. The van der Waals surface area contributed by atoms with Crippen LogP contribution in [0.25, 0.3) is 0 Å². The molecule has 73 valence electrons. The van der Waals surface area contributed by atoms with Crippen molar-refractivity contribution in [2.75, 3.05) is 13.2 Å². The molecule has 3 nitrogen and oxygen atoms in total. The summed E-state index contributed by atoms with van der Waals surface area (Å²) in [6, 6.07) is 0. The average Bonchev–Trinajstić information content (AvgIpc) is 2.01. The van der Waals surface area contributed by atoms with Gasteiger partial charge in [0.1, 0.15) is 0 Å². The van der Waals surface area contributed by atoms with Crippen LogP contribution >= 0.6 is 0 Å². The predicted octanol–water partition coefficient (Wildman–Crippen LogP) is 1.23. The quantitative estimate of drug-likeness (QED) is 0.493. The monoisotopic (exact) mass is 199 g/mol. The number of ether oxygens (including phenoxy) is 1. The largest absolute Gasteiger partial charge is 0.516 e. The molecule has 0 aliphatic rings. The summed E-state index contributed by atoms with van der Waals surface area (Å²) in [7, 11) is 2.70. The Balaban J connectivity index is 3.89. The van der Waals surface area contributed by atoms with Gasteiger partial charge >= 0.3 is 10.5 Å². The summed E-state index contributed by atoms with van der Waals surface area (Å²) >= 11 is 0. The zero-order chi connectivity index (χ0) is 10.5. The van der Waals surface area contributed by atoms with Gasteiger partial charge in [-0.1, -0.05) is 12.2 Å². The third kappa shape index (κ3) is 4.85. The van der Waals surface area contributed by atoms with Crippen LogP contribution < -0.4 is 0 Å². The standard InChI is InChI=1S/C9H15O3Si/c1-7(2)5-11-6-9(3,4)8(10)12-13/h1,5-6H2,2-4H3. The Hall–Kier alpha value is -0.613. The molecule has 0 fully saturated rings.